The summed E-state index contributed by atoms with van der Waals surface area (Å²) in [6, 6.07) is 0. The molecule has 0 aliphatic carbocycles. The first-order valence-corrected chi connectivity index (χ1v) is 8.40. The largest absolute Gasteiger partial charge is 0.382 e. The van der Waals surface area contributed by atoms with Crippen molar-refractivity contribution in [3.8, 4) is 0 Å². The summed E-state index contributed by atoms with van der Waals surface area (Å²) in [5.41, 5.74) is 17.8. The van der Waals surface area contributed by atoms with Crippen LogP contribution >= 0.6 is 11.6 Å². The van der Waals surface area contributed by atoms with Gasteiger partial charge in [-0.2, -0.15) is 0 Å². The van der Waals surface area contributed by atoms with Crippen LogP contribution in [0.25, 0.3) is 0 Å². The number of amides is 1. The first kappa shape index (κ1) is 21.2. The van der Waals surface area contributed by atoms with Crippen molar-refractivity contribution in [2.45, 2.75) is 26.2 Å². The van der Waals surface area contributed by atoms with Crippen molar-refractivity contribution in [1.29, 1.82) is 0 Å². The van der Waals surface area contributed by atoms with Gasteiger partial charge >= 0.3 is 0 Å². The molecule has 0 aliphatic heterocycles. The lowest BCUT2D eigenvalue weighted by molar-refractivity contribution is 0.0972. The van der Waals surface area contributed by atoms with Crippen molar-refractivity contribution >= 4 is 35.1 Å². The van der Waals surface area contributed by atoms with Crippen LogP contribution in [0.1, 0.15) is 36.7 Å². The van der Waals surface area contributed by atoms with Crippen molar-refractivity contribution in [3.63, 3.8) is 0 Å². The third kappa shape index (κ3) is 6.94. The molecule has 26 heavy (non-hydrogen) atoms. The lowest BCUT2D eigenvalue weighted by Gasteiger charge is -2.07. The lowest BCUT2D eigenvalue weighted by atomic mass is 10.1. The second-order valence-electron chi connectivity index (χ2n) is 5.29. The normalized spacial score (nSPS) is 12.4. The molecule has 1 aromatic heterocycles. The minimum Gasteiger partial charge on any atom is -0.382 e. The number of carbonyl (C=O) groups excluding carboxylic acids is 1. The van der Waals surface area contributed by atoms with E-state index in [1.165, 1.54) is 5.57 Å². The number of hydrogen-bond acceptors (Lipinski definition) is 6. The number of unbranched alkanes of at least 4 members (excludes halogenated alkanes) is 1. The molecule has 8 nitrogen and oxygen atoms in total. The van der Waals surface area contributed by atoms with E-state index in [4.69, 9.17) is 28.8 Å². The number of nitrogen functional groups attached to an aromatic ring is 2. The van der Waals surface area contributed by atoms with Gasteiger partial charge in [0.25, 0.3) is 5.91 Å². The van der Waals surface area contributed by atoms with Crippen LogP contribution < -0.4 is 22.5 Å². The zero-order chi connectivity index (χ0) is 19.5. The molecule has 0 aliphatic rings. The Labute approximate surface area is 157 Å². The first-order chi connectivity index (χ1) is 12.4. The van der Waals surface area contributed by atoms with Crippen molar-refractivity contribution in [2.75, 3.05) is 18.0 Å². The van der Waals surface area contributed by atoms with E-state index < -0.39 is 5.91 Å². The van der Waals surface area contributed by atoms with Crippen LogP contribution in [0.15, 0.2) is 41.4 Å². The van der Waals surface area contributed by atoms with E-state index in [0.29, 0.717) is 6.54 Å². The molecule has 1 heterocycles. The third-order valence-electron chi connectivity index (χ3n) is 3.23. The minimum absolute atomic E-state index is 0.0283. The van der Waals surface area contributed by atoms with Crippen molar-refractivity contribution in [2.24, 2.45) is 10.7 Å². The molecule has 0 saturated carbocycles. The fourth-order valence-corrected chi connectivity index (χ4v) is 2.18. The molecule has 0 bridgehead atoms. The Morgan fingerprint density at radius 1 is 1.31 bits per heavy atom. The summed E-state index contributed by atoms with van der Waals surface area (Å²) < 4.78 is 0. The highest BCUT2D eigenvalue weighted by Gasteiger charge is 2.16. The summed E-state index contributed by atoms with van der Waals surface area (Å²) in [7, 11) is 0. The zero-order valence-corrected chi connectivity index (χ0v) is 15.5. The van der Waals surface area contributed by atoms with Crippen molar-refractivity contribution in [1.82, 2.24) is 15.3 Å². The smallest absolute Gasteiger partial charge is 0.280 e. The number of hydrogen-bond donors (Lipinski definition) is 4. The van der Waals surface area contributed by atoms with E-state index in [1.54, 1.807) is 6.08 Å². The van der Waals surface area contributed by atoms with Gasteiger partial charge in [-0.25, -0.2) is 9.97 Å². The molecule has 7 N–H and O–H groups in total. The Morgan fingerprint density at radius 2 is 2.04 bits per heavy atom. The Hall–Kier alpha value is -2.87. The number of anilines is 2. The van der Waals surface area contributed by atoms with E-state index in [-0.39, 0.29) is 28.4 Å². The number of carbonyl (C=O) groups is 1. The number of rotatable bonds is 8. The predicted octanol–water partition coefficient (Wildman–Crippen LogP) is 2.20. The van der Waals surface area contributed by atoms with Gasteiger partial charge < -0.3 is 17.2 Å². The standard InChI is InChI=1S/C17H24ClN7O/c1-3-7-11(8-4-2)9-5-6-10-22-17(21)25-16(26)12-14(19)24-15(20)13(18)23-12/h3-4,7-8H,1,5-6,9-10H2,2H3,(H4,19,20,24)(H3,21,22,25,26)/b8-4-,11-7+. The maximum absolute atomic E-state index is 12.1. The van der Waals surface area contributed by atoms with E-state index in [1.807, 2.05) is 25.2 Å². The molecular formula is C17H24ClN7O. The molecule has 0 fully saturated rings. The summed E-state index contributed by atoms with van der Waals surface area (Å²) in [6.07, 6.45) is 10.4. The number of nitrogens with two attached hydrogens (primary N) is 3. The van der Waals surface area contributed by atoms with Gasteiger partial charge in [-0.05, 0) is 31.8 Å². The van der Waals surface area contributed by atoms with Gasteiger partial charge in [0.05, 0.1) is 0 Å². The maximum Gasteiger partial charge on any atom is 0.280 e. The quantitative estimate of drug-likeness (QED) is 0.236. The van der Waals surface area contributed by atoms with E-state index in [2.05, 4.69) is 26.9 Å². The Kier molecular flexibility index (Phi) is 8.86. The number of halogens is 1. The fraction of sp³-hybridized carbons (Fsp3) is 0.294. The second kappa shape index (κ2) is 10.9. The molecule has 0 saturated heterocycles. The average Bonchev–Trinajstić information content (AvgIpc) is 2.58. The Balaban J connectivity index is 2.51. The molecular weight excluding hydrogens is 354 g/mol. The van der Waals surface area contributed by atoms with Crippen LogP contribution in [-0.2, 0) is 0 Å². The molecule has 1 aromatic rings. The van der Waals surface area contributed by atoms with Crippen LogP contribution in [-0.4, -0.2) is 28.4 Å². The van der Waals surface area contributed by atoms with Crippen molar-refractivity contribution < 1.29 is 4.79 Å². The van der Waals surface area contributed by atoms with Gasteiger partial charge in [-0.1, -0.05) is 42.5 Å². The monoisotopic (exact) mass is 377 g/mol. The predicted molar refractivity (Wildman–Crippen MR) is 107 cm³/mol. The highest BCUT2D eigenvalue weighted by molar-refractivity contribution is 6.31. The fourth-order valence-electron chi connectivity index (χ4n) is 2.05. The maximum atomic E-state index is 12.1. The van der Waals surface area contributed by atoms with Crippen LogP contribution in [0.3, 0.4) is 0 Å². The molecule has 0 unspecified atom stereocenters. The van der Waals surface area contributed by atoms with Crippen LogP contribution in [0.5, 0.6) is 0 Å². The van der Waals surface area contributed by atoms with Crippen molar-refractivity contribution in [3.05, 3.63) is 47.3 Å². The first-order valence-electron chi connectivity index (χ1n) is 8.03. The van der Waals surface area contributed by atoms with E-state index >= 15 is 0 Å². The van der Waals surface area contributed by atoms with Crippen LogP contribution in [0.2, 0.25) is 5.15 Å². The number of allylic oxidation sites excluding steroid dienone is 5. The topological polar surface area (TPSA) is 145 Å². The molecule has 0 spiro atoms. The van der Waals surface area contributed by atoms with Gasteiger partial charge in [0, 0.05) is 6.54 Å². The highest BCUT2D eigenvalue weighted by atomic mass is 35.5. The summed E-state index contributed by atoms with van der Waals surface area (Å²) in [4.78, 5) is 23.7. The second-order valence-corrected chi connectivity index (χ2v) is 5.65. The highest BCUT2D eigenvalue weighted by Crippen LogP contribution is 2.17. The summed E-state index contributed by atoms with van der Waals surface area (Å²) >= 11 is 5.74. The lowest BCUT2D eigenvalue weighted by Crippen LogP contribution is -2.38. The van der Waals surface area contributed by atoms with Gasteiger partial charge in [0.1, 0.15) is 0 Å². The summed E-state index contributed by atoms with van der Waals surface area (Å²) in [5.74, 6) is -0.866. The molecule has 1 rings (SSSR count). The number of nitrogens with one attached hydrogen (secondary N) is 1. The Morgan fingerprint density at radius 3 is 2.69 bits per heavy atom. The minimum atomic E-state index is -0.651. The number of aliphatic imine (C=N–C) groups is 1. The zero-order valence-electron chi connectivity index (χ0n) is 14.7. The number of nitrogens with zero attached hydrogens (tertiary/aromatic N) is 3. The third-order valence-corrected chi connectivity index (χ3v) is 3.51. The number of guanidine groups is 1. The molecule has 1 amide bonds. The van der Waals surface area contributed by atoms with Gasteiger partial charge in [0.15, 0.2) is 28.4 Å². The van der Waals surface area contributed by atoms with Crippen LogP contribution in [0, 0.1) is 0 Å². The van der Waals surface area contributed by atoms with Gasteiger partial charge in [-0.3, -0.25) is 15.1 Å². The summed E-state index contributed by atoms with van der Waals surface area (Å²) in [5, 5.41) is 2.29. The van der Waals surface area contributed by atoms with E-state index in [0.717, 1.165) is 19.3 Å². The average molecular weight is 378 g/mol. The summed E-state index contributed by atoms with van der Waals surface area (Å²) in [6.45, 7) is 6.14. The Bertz CT molecular complexity index is 741. The van der Waals surface area contributed by atoms with Gasteiger partial charge in [0.2, 0.25) is 0 Å². The molecule has 140 valence electrons. The van der Waals surface area contributed by atoms with Crippen LogP contribution in [0.4, 0.5) is 11.6 Å². The van der Waals surface area contributed by atoms with E-state index in [9.17, 15) is 4.79 Å². The molecule has 0 radical (unpaired) electrons. The molecule has 9 heteroatoms. The SMILES string of the molecule is C=C/C=C(\C=C/C)CCCCN=C(N)NC(=O)c1nc(Cl)c(N)nc1N. The van der Waals surface area contributed by atoms with Gasteiger partial charge in [-0.15, -0.1) is 0 Å². The molecule has 0 aromatic carbocycles. The molecule has 0 atom stereocenters. The number of aromatic nitrogens is 2.